The minimum absolute atomic E-state index is 0.302. The number of fused-ring (bicyclic) bond motifs is 3. The molecule has 2 aromatic carbocycles. The molecular weight excluding hydrogens is 394 g/mol. The van der Waals surface area contributed by atoms with Gasteiger partial charge in [-0.05, 0) is 23.6 Å². The highest BCUT2D eigenvalue weighted by Crippen LogP contribution is 2.50. The van der Waals surface area contributed by atoms with Gasteiger partial charge in [-0.3, -0.25) is 4.79 Å². The van der Waals surface area contributed by atoms with Crippen molar-refractivity contribution in [1.82, 2.24) is 9.29 Å². The number of amides is 1. The summed E-state index contributed by atoms with van der Waals surface area (Å²) in [4.78, 5) is 18.6. The Kier molecular flexibility index (Phi) is 4.04. The van der Waals surface area contributed by atoms with E-state index in [0.29, 0.717) is 18.1 Å². The molecule has 1 fully saturated rings. The van der Waals surface area contributed by atoms with E-state index in [9.17, 15) is 13.2 Å². The number of benzene rings is 2. The average Bonchev–Trinajstić information content (AvgIpc) is 3.21. The van der Waals surface area contributed by atoms with Crippen molar-refractivity contribution < 1.29 is 13.2 Å². The Labute approximate surface area is 167 Å². The van der Waals surface area contributed by atoms with Crippen molar-refractivity contribution >= 4 is 43.2 Å². The van der Waals surface area contributed by atoms with Gasteiger partial charge in [0.15, 0.2) is 5.13 Å². The van der Waals surface area contributed by atoms with Crippen LogP contribution in [0.2, 0.25) is 0 Å². The quantitative estimate of drug-likeness (QED) is 0.555. The summed E-state index contributed by atoms with van der Waals surface area (Å²) in [5.74, 6) is -0.302. The molecule has 2 heterocycles. The Morgan fingerprint density at radius 1 is 1.18 bits per heavy atom. The molecule has 3 aromatic rings. The molecule has 2 aliphatic rings. The average molecular weight is 414 g/mol. The Hall–Kier alpha value is -2.29. The molecule has 5 rings (SSSR count). The number of rotatable bonds is 3. The first-order chi connectivity index (χ1) is 13.4. The molecule has 8 heteroatoms. The molecule has 1 unspecified atom stereocenters. The third-order valence-electron chi connectivity index (χ3n) is 5.44. The van der Waals surface area contributed by atoms with E-state index in [1.165, 1.54) is 26.4 Å². The van der Waals surface area contributed by atoms with E-state index in [4.69, 9.17) is 0 Å². The lowest BCUT2D eigenvalue weighted by atomic mass is 10.0. The maximum atomic E-state index is 12.8. The number of hydrogen-bond acceptors (Lipinski definition) is 5. The predicted molar refractivity (Wildman–Crippen MR) is 112 cm³/mol. The molecule has 1 amide bonds. The topological polar surface area (TPSA) is 79.4 Å². The van der Waals surface area contributed by atoms with Gasteiger partial charge in [-0.25, -0.2) is 13.4 Å². The molecule has 28 heavy (non-hydrogen) atoms. The second-order valence-corrected chi connectivity index (χ2v) is 10.2. The zero-order valence-electron chi connectivity index (χ0n) is 15.3. The first-order valence-electron chi connectivity index (χ1n) is 9.24. The van der Waals surface area contributed by atoms with Crippen LogP contribution in [0.4, 0.5) is 5.13 Å². The van der Waals surface area contributed by atoms with Crippen LogP contribution in [0.5, 0.6) is 0 Å². The minimum atomic E-state index is -3.42. The van der Waals surface area contributed by atoms with Crippen LogP contribution in [-0.2, 0) is 14.8 Å². The largest absolute Gasteiger partial charge is 0.301 e. The molecule has 1 N–H and O–H groups in total. The molecule has 1 saturated heterocycles. The van der Waals surface area contributed by atoms with Gasteiger partial charge in [-0.1, -0.05) is 54.2 Å². The molecule has 0 saturated carbocycles. The van der Waals surface area contributed by atoms with Gasteiger partial charge in [0.25, 0.3) is 0 Å². The minimum Gasteiger partial charge on any atom is -0.301 e. The Morgan fingerprint density at radius 2 is 1.93 bits per heavy atom. The number of sulfonamides is 1. The number of anilines is 1. The van der Waals surface area contributed by atoms with Crippen LogP contribution in [0.25, 0.3) is 32.5 Å². The first kappa shape index (κ1) is 17.8. The summed E-state index contributed by atoms with van der Waals surface area (Å²) in [7, 11) is -3.42. The molecule has 1 aliphatic carbocycles. The molecule has 0 radical (unpaired) electrons. The molecule has 1 aliphatic heterocycles. The van der Waals surface area contributed by atoms with Gasteiger partial charge < -0.3 is 5.32 Å². The van der Waals surface area contributed by atoms with E-state index in [1.807, 2.05) is 12.1 Å². The van der Waals surface area contributed by atoms with Gasteiger partial charge in [-0.2, -0.15) is 4.31 Å². The van der Waals surface area contributed by atoms with Crippen molar-refractivity contribution in [3.05, 3.63) is 36.4 Å². The molecule has 0 bridgehead atoms. The van der Waals surface area contributed by atoms with Crippen LogP contribution in [0.3, 0.4) is 0 Å². The summed E-state index contributed by atoms with van der Waals surface area (Å²) in [6.07, 6.45) is 3.32. The highest BCUT2D eigenvalue weighted by atomic mass is 32.2. The first-order valence-corrected chi connectivity index (χ1v) is 11.9. The van der Waals surface area contributed by atoms with E-state index in [0.717, 1.165) is 40.8 Å². The van der Waals surface area contributed by atoms with Crippen molar-refractivity contribution in [3.63, 3.8) is 0 Å². The molecule has 144 valence electrons. The summed E-state index contributed by atoms with van der Waals surface area (Å²) in [6, 6.07) is 11.7. The van der Waals surface area contributed by atoms with Crippen LogP contribution in [0.15, 0.2) is 36.4 Å². The molecule has 6 nitrogen and oxygen atoms in total. The Bertz CT molecular complexity index is 1160. The zero-order valence-corrected chi connectivity index (χ0v) is 16.9. The number of piperidine rings is 1. The van der Waals surface area contributed by atoms with Crippen molar-refractivity contribution in [3.8, 4) is 21.7 Å². The van der Waals surface area contributed by atoms with Crippen molar-refractivity contribution in [2.75, 3.05) is 18.1 Å². The second kappa shape index (κ2) is 6.37. The number of hydrogen-bond donors (Lipinski definition) is 1. The number of carbonyl (C=O) groups excluding carboxylic acids is 1. The lowest BCUT2D eigenvalue weighted by Crippen LogP contribution is -2.49. The van der Waals surface area contributed by atoms with Gasteiger partial charge in [0, 0.05) is 17.7 Å². The van der Waals surface area contributed by atoms with Gasteiger partial charge in [0.2, 0.25) is 15.9 Å². The number of nitrogens with one attached hydrogen (secondary N) is 1. The maximum absolute atomic E-state index is 12.8. The smallest absolute Gasteiger partial charge is 0.244 e. The van der Waals surface area contributed by atoms with Crippen LogP contribution >= 0.6 is 11.3 Å². The van der Waals surface area contributed by atoms with Crippen LogP contribution in [0.1, 0.15) is 19.3 Å². The number of aromatic nitrogens is 1. The summed E-state index contributed by atoms with van der Waals surface area (Å²) < 4.78 is 25.4. The molecule has 0 spiro atoms. The lowest BCUT2D eigenvalue weighted by Gasteiger charge is -2.32. The fourth-order valence-corrected chi connectivity index (χ4v) is 6.36. The zero-order chi connectivity index (χ0) is 19.5. The molecular formula is C20H19N3O3S2. The summed E-state index contributed by atoms with van der Waals surface area (Å²) in [5.41, 5.74) is 3.10. The van der Waals surface area contributed by atoms with Gasteiger partial charge in [0.05, 0.1) is 16.8 Å². The third-order valence-corrected chi connectivity index (χ3v) is 7.74. The SMILES string of the molecule is CS(=O)(=O)N1CCCCC1C(=O)Nc1nc2c(s1)-c1cccc3cccc-2c13. The van der Waals surface area contributed by atoms with Crippen molar-refractivity contribution in [1.29, 1.82) is 0 Å². The highest BCUT2D eigenvalue weighted by molar-refractivity contribution is 7.88. The third kappa shape index (κ3) is 2.75. The van der Waals surface area contributed by atoms with Gasteiger partial charge >= 0.3 is 0 Å². The summed E-state index contributed by atoms with van der Waals surface area (Å²) in [6.45, 7) is 0.390. The normalized spacial score (nSPS) is 19.0. The fraction of sp³-hybridized carbons (Fsp3) is 0.300. The predicted octanol–water partition coefficient (Wildman–Crippen LogP) is 3.70. The summed E-state index contributed by atoms with van der Waals surface area (Å²) in [5, 5.41) is 5.76. The fourth-order valence-electron chi connectivity index (χ4n) is 4.22. The van der Waals surface area contributed by atoms with Crippen molar-refractivity contribution in [2.24, 2.45) is 0 Å². The Morgan fingerprint density at radius 3 is 2.68 bits per heavy atom. The number of nitrogens with zero attached hydrogens (tertiary/aromatic N) is 2. The van der Waals surface area contributed by atoms with Crippen LogP contribution < -0.4 is 5.32 Å². The van der Waals surface area contributed by atoms with E-state index in [-0.39, 0.29) is 5.91 Å². The monoisotopic (exact) mass is 413 g/mol. The van der Waals surface area contributed by atoms with Crippen LogP contribution in [-0.4, -0.2) is 42.5 Å². The maximum Gasteiger partial charge on any atom is 0.244 e. The van der Waals surface area contributed by atoms with E-state index in [2.05, 4.69) is 34.6 Å². The highest BCUT2D eigenvalue weighted by Gasteiger charge is 2.35. The Balaban J connectivity index is 1.46. The van der Waals surface area contributed by atoms with E-state index < -0.39 is 16.1 Å². The molecule has 1 aromatic heterocycles. The second-order valence-electron chi connectivity index (χ2n) is 7.28. The number of carbonyl (C=O) groups is 1. The van der Waals surface area contributed by atoms with Crippen LogP contribution in [0, 0.1) is 0 Å². The standard InChI is InChI=1S/C20H19N3O3S2/c1-28(25,26)23-11-3-2-10-15(23)19(24)22-20-21-17-13-8-4-6-12-7-5-9-14(16(12)13)18(17)27-20/h4-9,15H,2-3,10-11H2,1H3,(H,21,22,24). The van der Waals surface area contributed by atoms with Crippen molar-refractivity contribution in [2.45, 2.75) is 25.3 Å². The number of thiazole rings is 1. The van der Waals surface area contributed by atoms with Gasteiger partial charge in [0.1, 0.15) is 6.04 Å². The lowest BCUT2D eigenvalue weighted by molar-refractivity contribution is -0.120. The summed E-state index contributed by atoms with van der Waals surface area (Å²) >= 11 is 1.44. The van der Waals surface area contributed by atoms with E-state index >= 15 is 0 Å². The van der Waals surface area contributed by atoms with Gasteiger partial charge in [-0.15, -0.1) is 0 Å². The van der Waals surface area contributed by atoms with E-state index in [1.54, 1.807) is 0 Å². The molecule has 1 atom stereocenters.